The summed E-state index contributed by atoms with van der Waals surface area (Å²) >= 11 is 0. The van der Waals surface area contributed by atoms with Gasteiger partial charge in [0.15, 0.2) is 0 Å². The third-order valence-corrected chi connectivity index (χ3v) is 3.10. The van der Waals surface area contributed by atoms with Crippen LogP contribution < -0.4 is 5.32 Å². The summed E-state index contributed by atoms with van der Waals surface area (Å²) in [4.78, 5) is 13.2. The van der Waals surface area contributed by atoms with E-state index in [1.807, 2.05) is 4.90 Å². The van der Waals surface area contributed by atoms with Gasteiger partial charge in [-0.25, -0.2) is 0 Å². The first-order chi connectivity index (χ1) is 7.04. The van der Waals surface area contributed by atoms with Crippen molar-refractivity contribution in [3.63, 3.8) is 0 Å². The highest BCUT2D eigenvalue weighted by Gasteiger charge is 2.30. The molecule has 3 atom stereocenters. The third kappa shape index (κ3) is 3.47. The third-order valence-electron chi connectivity index (χ3n) is 3.10. The highest BCUT2D eigenvalue weighted by Crippen LogP contribution is 2.20. The molecule has 1 aliphatic heterocycles. The van der Waals surface area contributed by atoms with Gasteiger partial charge in [-0.2, -0.15) is 0 Å². The Kier molecular flexibility index (Phi) is 4.54. The number of carbonyl (C=O) groups is 1. The average Bonchev–Trinajstić information content (AvgIpc) is 2.17. The molecule has 1 amide bonds. The monoisotopic (exact) mass is 214 g/mol. The van der Waals surface area contributed by atoms with Gasteiger partial charge in [0.2, 0.25) is 5.91 Å². The lowest BCUT2D eigenvalue weighted by Crippen LogP contribution is -2.52. The van der Waals surface area contributed by atoms with Crippen LogP contribution in [0.4, 0.5) is 0 Å². The minimum Gasteiger partial charge on any atom is -0.393 e. The highest BCUT2D eigenvalue weighted by molar-refractivity contribution is 5.73. The molecule has 0 radical (unpaired) electrons. The standard InChI is InChI=1S/C11H22N2O2/c1-4-12-11-5-10(8(2)14)6-13(7-11)9(3)15/h8,10-12,14H,4-7H2,1-3H3. The first-order valence-electron chi connectivity index (χ1n) is 5.71. The van der Waals surface area contributed by atoms with E-state index in [9.17, 15) is 9.90 Å². The van der Waals surface area contributed by atoms with Gasteiger partial charge in [-0.15, -0.1) is 0 Å². The van der Waals surface area contributed by atoms with Crippen molar-refractivity contribution in [1.82, 2.24) is 10.2 Å². The van der Waals surface area contributed by atoms with E-state index in [0.29, 0.717) is 12.6 Å². The predicted molar refractivity (Wildman–Crippen MR) is 59.5 cm³/mol. The molecule has 0 bridgehead atoms. The van der Waals surface area contributed by atoms with Gasteiger partial charge in [0, 0.05) is 32.0 Å². The van der Waals surface area contributed by atoms with Crippen LogP contribution in [0.15, 0.2) is 0 Å². The van der Waals surface area contributed by atoms with E-state index in [-0.39, 0.29) is 17.9 Å². The fraction of sp³-hybridized carbons (Fsp3) is 0.909. The number of nitrogens with zero attached hydrogens (tertiary/aromatic N) is 1. The molecule has 1 saturated heterocycles. The van der Waals surface area contributed by atoms with Crippen LogP contribution in [0.25, 0.3) is 0 Å². The molecule has 1 fully saturated rings. The van der Waals surface area contributed by atoms with Crippen molar-refractivity contribution in [3.8, 4) is 0 Å². The minimum absolute atomic E-state index is 0.100. The molecule has 1 aliphatic rings. The van der Waals surface area contributed by atoms with Crippen LogP contribution in [0.3, 0.4) is 0 Å². The number of aliphatic hydroxyl groups is 1. The minimum atomic E-state index is -0.340. The van der Waals surface area contributed by atoms with Gasteiger partial charge < -0.3 is 15.3 Å². The van der Waals surface area contributed by atoms with Crippen LogP contribution >= 0.6 is 0 Å². The Balaban J connectivity index is 2.60. The van der Waals surface area contributed by atoms with E-state index >= 15 is 0 Å². The second-order valence-corrected chi connectivity index (χ2v) is 4.41. The van der Waals surface area contributed by atoms with Crippen LogP contribution in [0.1, 0.15) is 27.2 Å². The molecule has 0 aromatic heterocycles. The number of carbonyl (C=O) groups excluding carboxylic acids is 1. The van der Waals surface area contributed by atoms with Crippen molar-refractivity contribution in [3.05, 3.63) is 0 Å². The molecular formula is C11H22N2O2. The van der Waals surface area contributed by atoms with Crippen molar-refractivity contribution in [1.29, 1.82) is 0 Å². The molecule has 0 aromatic rings. The lowest BCUT2D eigenvalue weighted by molar-refractivity contribution is -0.132. The van der Waals surface area contributed by atoms with Crippen molar-refractivity contribution >= 4 is 5.91 Å². The summed E-state index contributed by atoms with van der Waals surface area (Å²) < 4.78 is 0. The molecule has 4 heteroatoms. The van der Waals surface area contributed by atoms with Crippen molar-refractivity contribution in [2.24, 2.45) is 5.92 Å². The molecule has 0 aromatic carbocycles. The second-order valence-electron chi connectivity index (χ2n) is 4.41. The van der Waals surface area contributed by atoms with Gasteiger partial charge in [-0.3, -0.25) is 4.79 Å². The predicted octanol–water partition coefficient (Wildman–Crippen LogP) is 0.214. The van der Waals surface area contributed by atoms with E-state index in [1.54, 1.807) is 13.8 Å². The van der Waals surface area contributed by atoms with Gasteiger partial charge in [-0.1, -0.05) is 6.92 Å². The summed E-state index contributed by atoms with van der Waals surface area (Å²) in [5.41, 5.74) is 0. The summed E-state index contributed by atoms with van der Waals surface area (Å²) in [5, 5.41) is 12.9. The summed E-state index contributed by atoms with van der Waals surface area (Å²) in [6.07, 6.45) is 0.614. The number of nitrogens with one attached hydrogen (secondary N) is 1. The van der Waals surface area contributed by atoms with Crippen LogP contribution in [-0.4, -0.2) is 47.7 Å². The summed E-state index contributed by atoms with van der Waals surface area (Å²) in [6, 6.07) is 0.326. The van der Waals surface area contributed by atoms with Gasteiger partial charge >= 0.3 is 0 Å². The number of aliphatic hydroxyl groups excluding tert-OH is 1. The number of amides is 1. The molecule has 0 saturated carbocycles. The van der Waals surface area contributed by atoms with Gasteiger partial charge in [0.25, 0.3) is 0 Å². The molecule has 2 N–H and O–H groups in total. The Labute approximate surface area is 91.6 Å². The molecule has 0 aliphatic carbocycles. The fourth-order valence-electron chi connectivity index (χ4n) is 2.18. The molecular weight excluding hydrogens is 192 g/mol. The molecule has 0 spiro atoms. The Bertz CT molecular complexity index is 219. The van der Waals surface area contributed by atoms with E-state index < -0.39 is 0 Å². The topological polar surface area (TPSA) is 52.6 Å². The fourth-order valence-corrected chi connectivity index (χ4v) is 2.18. The van der Waals surface area contributed by atoms with Crippen molar-refractivity contribution in [2.75, 3.05) is 19.6 Å². The summed E-state index contributed by atoms with van der Waals surface area (Å²) in [6.45, 7) is 7.82. The van der Waals surface area contributed by atoms with E-state index in [1.165, 1.54) is 0 Å². The zero-order valence-electron chi connectivity index (χ0n) is 9.86. The summed E-state index contributed by atoms with van der Waals surface area (Å²) in [5.74, 6) is 0.301. The number of piperidine rings is 1. The van der Waals surface area contributed by atoms with Gasteiger partial charge in [0.05, 0.1) is 6.10 Å². The number of likely N-dealkylation sites (tertiary alicyclic amines) is 1. The lowest BCUT2D eigenvalue weighted by Gasteiger charge is -2.38. The highest BCUT2D eigenvalue weighted by atomic mass is 16.3. The molecule has 1 heterocycles. The molecule has 1 rings (SSSR count). The van der Waals surface area contributed by atoms with Crippen LogP contribution in [0.5, 0.6) is 0 Å². The number of rotatable bonds is 3. The van der Waals surface area contributed by atoms with Crippen molar-refractivity contribution in [2.45, 2.75) is 39.3 Å². The lowest BCUT2D eigenvalue weighted by atomic mass is 9.90. The maximum atomic E-state index is 11.3. The number of hydrogen-bond acceptors (Lipinski definition) is 3. The first kappa shape index (κ1) is 12.5. The van der Waals surface area contributed by atoms with E-state index in [4.69, 9.17) is 0 Å². The average molecular weight is 214 g/mol. The molecule has 15 heavy (non-hydrogen) atoms. The Morgan fingerprint density at radius 3 is 2.73 bits per heavy atom. The quantitative estimate of drug-likeness (QED) is 0.706. The molecule has 4 nitrogen and oxygen atoms in total. The summed E-state index contributed by atoms with van der Waals surface area (Å²) in [7, 11) is 0. The van der Waals surface area contributed by atoms with Crippen LogP contribution in [0, 0.1) is 5.92 Å². The van der Waals surface area contributed by atoms with Gasteiger partial charge in [-0.05, 0) is 19.9 Å². The van der Waals surface area contributed by atoms with E-state index in [0.717, 1.165) is 19.5 Å². The first-order valence-corrected chi connectivity index (χ1v) is 5.71. The normalized spacial score (nSPS) is 28.9. The van der Waals surface area contributed by atoms with E-state index in [2.05, 4.69) is 12.2 Å². The smallest absolute Gasteiger partial charge is 0.219 e. The Morgan fingerprint density at radius 1 is 1.60 bits per heavy atom. The zero-order chi connectivity index (χ0) is 11.4. The Hall–Kier alpha value is -0.610. The van der Waals surface area contributed by atoms with Crippen LogP contribution in [0.2, 0.25) is 0 Å². The SMILES string of the molecule is CCNC1CC(C(C)O)CN(C(C)=O)C1. The maximum absolute atomic E-state index is 11.3. The second kappa shape index (κ2) is 5.47. The molecule has 88 valence electrons. The Morgan fingerprint density at radius 2 is 2.27 bits per heavy atom. The van der Waals surface area contributed by atoms with Gasteiger partial charge in [0.1, 0.15) is 0 Å². The zero-order valence-corrected chi connectivity index (χ0v) is 9.86. The number of likely N-dealkylation sites (N-methyl/N-ethyl adjacent to an activating group) is 1. The number of hydrogen-bond donors (Lipinski definition) is 2. The molecule has 3 unspecified atom stereocenters. The van der Waals surface area contributed by atoms with Crippen LogP contribution in [-0.2, 0) is 4.79 Å². The largest absolute Gasteiger partial charge is 0.393 e. The maximum Gasteiger partial charge on any atom is 0.219 e. The van der Waals surface area contributed by atoms with Crippen molar-refractivity contribution < 1.29 is 9.90 Å².